The zero-order chi connectivity index (χ0) is 14.6. The SMILES string of the molecule is CCN(C)C(=O)[C@H](C)NS(=O)(=O)c1ccc(Cl)cc1. The number of amides is 1. The monoisotopic (exact) mass is 304 g/mol. The Bertz CT molecular complexity index is 543. The van der Waals surface area contributed by atoms with Crippen LogP contribution in [0, 0.1) is 0 Å². The smallest absolute Gasteiger partial charge is 0.241 e. The summed E-state index contributed by atoms with van der Waals surface area (Å²) in [6.45, 7) is 3.85. The number of benzene rings is 1. The van der Waals surface area contributed by atoms with Crippen LogP contribution in [0.25, 0.3) is 0 Å². The highest BCUT2D eigenvalue weighted by molar-refractivity contribution is 7.89. The van der Waals surface area contributed by atoms with E-state index < -0.39 is 16.1 Å². The van der Waals surface area contributed by atoms with Crippen molar-refractivity contribution in [3.8, 4) is 0 Å². The maximum atomic E-state index is 12.0. The molecule has 0 saturated heterocycles. The second-order valence-corrected chi connectivity index (χ2v) is 6.30. The van der Waals surface area contributed by atoms with Crippen LogP contribution in [0.5, 0.6) is 0 Å². The summed E-state index contributed by atoms with van der Waals surface area (Å²) < 4.78 is 26.4. The second-order valence-electron chi connectivity index (χ2n) is 4.15. The van der Waals surface area contributed by atoms with E-state index in [0.717, 1.165) is 0 Å². The standard InChI is InChI=1S/C12H17ClN2O3S/c1-4-15(3)12(16)9(2)14-19(17,18)11-7-5-10(13)6-8-11/h5-9,14H,4H2,1-3H3/t9-/m0/s1. The third-order valence-corrected chi connectivity index (χ3v) is 4.49. The summed E-state index contributed by atoms with van der Waals surface area (Å²) >= 11 is 5.70. The van der Waals surface area contributed by atoms with Crippen LogP contribution < -0.4 is 4.72 Å². The molecule has 19 heavy (non-hydrogen) atoms. The van der Waals surface area contributed by atoms with Gasteiger partial charge in [-0.05, 0) is 38.1 Å². The van der Waals surface area contributed by atoms with E-state index in [-0.39, 0.29) is 10.8 Å². The van der Waals surface area contributed by atoms with Crippen molar-refractivity contribution in [1.82, 2.24) is 9.62 Å². The van der Waals surface area contributed by atoms with Gasteiger partial charge in [-0.25, -0.2) is 8.42 Å². The molecule has 0 aliphatic carbocycles. The van der Waals surface area contributed by atoms with Crippen molar-refractivity contribution < 1.29 is 13.2 Å². The molecule has 0 radical (unpaired) electrons. The van der Waals surface area contributed by atoms with Gasteiger partial charge in [0.05, 0.1) is 10.9 Å². The molecule has 0 bridgehead atoms. The van der Waals surface area contributed by atoms with Crippen LogP contribution in [0.1, 0.15) is 13.8 Å². The van der Waals surface area contributed by atoms with E-state index in [4.69, 9.17) is 11.6 Å². The first kappa shape index (κ1) is 15.9. The lowest BCUT2D eigenvalue weighted by molar-refractivity contribution is -0.131. The van der Waals surface area contributed by atoms with Gasteiger partial charge in [0.15, 0.2) is 0 Å². The molecule has 1 aromatic rings. The minimum atomic E-state index is -3.72. The fourth-order valence-corrected chi connectivity index (χ4v) is 2.77. The van der Waals surface area contributed by atoms with Gasteiger partial charge in [-0.2, -0.15) is 4.72 Å². The third-order valence-electron chi connectivity index (χ3n) is 2.68. The molecule has 0 aliphatic rings. The van der Waals surface area contributed by atoms with Gasteiger partial charge < -0.3 is 4.90 Å². The minimum absolute atomic E-state index is 0.0794. The Labute approximate surface area is 118 Å². The van der Waals surface area contributed by atoms with Gasteiger partial charge >= 0.3 is 0 Å². The molecule has 1 N–H and O–H groups in total. The molecule has 5 nitrogen and oxygen atoms in total. The first-order valence-corrected chi connectivity index (χ1v) is 7.67. The van der Waals surface area contributed by atoms with Gasteiger partial charge in [-0.1, -0.05) is 11.6 Å². The molecule has 0 heterocycles. The Kier molecular flexibility index (Phi) is 5.34. The molecule has 1 aromatic carbocycles. The van der Waals surface area contributed by atoms with Crippen molar-refractivity contribution in [1.29, 1.82) is 0 Å². The van der Waals surface area contributed by atoms with Crippen molar-refractivity contribution in [3.63, 3.8) is 0 Å². The van der Waals surface area contributed by atoms with E-state index in [1.165, 1.54) is 36.1 Å². The maximum absolute atomic E-state index is 12.0. The highest BCUT2D eigenvalue weighted by Gasteiger charge is 2.23. The number of sulfonamides is 1. The molecule has 0 aromatic heterocycles. The van der Waals surface area contributed by atoms with Crippen LogP contribution in [0.3, 0.4) is 0 Å². The van der Waals surface area contributed by atoms with E-state index in [0.29, 0.717) is 11.6 Å². The number of hydrogen-bond donors (Lipinski definition) is 1. The van der Waals surface area contributed by atoms with Crippen molar-refractivity contribution in [2.24, 2.45) is 0 Å². The fourth-order valence-electron chi connectivity index (χ4n) is 1.45. The molecule has 7 heteroatoms. The normalized spacial score (nSPS) is 13.1. The predicted molar refractivity (Wildman–Crippen MR) is 74.5 cm³/mol. The average Bonchev–Trinajstić information content (AvgIpc) is 2.36. The third kappa shape index (κ3) is 4.19. The number of nitrogens with zero attached hydrogens (tertiary/aromatic N) is 1. The maximum Gasteiger partial charge on any atom is 0.241 e. The molecule has 0 saturated carbocycles. The molecule has 0 unspecified atom stereocenters. The summed E-state index contributed by atoms with van der Waals surface area (Å²) in [5.74, 6) is -0.278. The van der Waals surface area contributed by atoms with Crippen molar-refractivity contribution in [2.45, 2.75) is 24.8 Å². The zero-order valence-electron chi connectivity index (χ0n) is 11.1. The average molecular weight is 305 g/mol. The van der Waals surface area contributed by atoms with Crippen LogP contribution in [-0.4, -0.2) is 38.9 Å². The quantitative estimate of drug-likeness (QED) is 0.896. The largest absolute Gasteiger partial charge is 0.345 e. The Morgan fingerprint density at radius 1 is 1.37 bits per heavy atom. The van der Waals surface area contributed by atoms with E-state index >= 15 is 0 Å². The van der Waals surface area contributed by atoms with E-state index in [9.17, 15) is 13.2 Å². The van der Waals surface area contributed by atoms with Crippen LogP contribution in [0.4, 0.5) is 0 Å². The topological polar surface area (TPSA) is 66.5 Å². The van der Waals surface area contributed by atoms with Crippen molar-refractivity contribution in [3.05, 3.63) is 29.3 Å². The van der Waals surface area contributed by atoms with E-state index in [1.807, 2.05) is 6.92 Å². The lowest BCUT2D eigenvalue weighted by atomic mass is 10.3. The summed E-state index contributed by atoms with van der Waals surface area (Å²) in [6.07, 6.45) is 0. The van der Waals surface area contributed by atoms with Gasteiger partial charge in [0.2, 0.25) is 15.9 Å². The molecular formula is C12H17ClN2O3S. The number of carbonyl (C=O) groups is 1. The fraction of sp³-hybridized carbons (Fsp3) is 0.417. The Morgan fingerprint density at radius 3 is 2.37 bits per heavy atom. The summed E-state index contributed by atoms with van der Waals surface area (Å²) in [6, 6.07) is 4.95. The number of halogens is 1. The predicted octanol–water partition coefficient (Wildman–Crippen LogP) is 1.49. The van der Waals surface area contributed by atoms with Gasteiger partial charge in [0.25, 0.3) is 0 Å². The highest BCUT2D eigenvalue weighted by Crippen LogP contribution is 2.14. The molecule has 1 amide bonds. The zero-order valence-corrected chi connectivity index (χ0v) is 12.6. The molecule has 0 aliphatic heterocycles. The van der Waals surface area contributed by atoms with Crippen molar-refractivity contribution in [2.75, 3.05) is 13.6 Å². The van der Waals surface area contributed by atoms with Crippen LogP contribution in [0.2, 0.25) is 5.02 Å². The lowest BCUT2D eigenvalue weighted by Crippen LogP contribution is -2.45. The highest BCUT2D eigenvalue weighted by atomic mass is 35.5. The molecule has 1 rings (SSSR count). The van der Waals surface area contributed by atoms with Gasteiger partial charge in [0.1, 0.15) is 0 Å². The lowest BCUT2D eigenvalue weighted by Gasteiger charge is -2.20. The number of rotatable bonds is 5. The summed E-state index contributed by atoms with van der Waals surface area (Å²) in [7, 11) is -2.10. The minimum Gasteiger partial charge on any atom is -0.345 e. The summed E-state index contributed by atoms with van der Waals surface area (Å²) in [4.78, 5) is 13.3. The molecule has 0 fully saturated rings. The first-order chi connectivity index (χ1) is 8.77. The van der Waals surface area contributed by atoms with Crippen LogP contribution >= 0.6 is 11.6 Å². The molecule has 1 atom stereocenters. The van der Waals surface area contributed by atoms with E-state index in [1.54, 1.807) is 7.05 Å². The summed E-state index contributed by atoms with van der Waals surface area (Å²) in [5.41, 5.74) is 0. The number of carbonyl (C=O) groups excluding carboxylic acids is 1. The number of nitrogens with one attached hydrogen (secondary N) is 1. The van der Waals surface area contributed by atoms with Gasteiger partial charge in [-0.15, -0.1) is 0 Å². The Hall–Kier alpha value is -1.11. The second kappa shape index (κ2) is 6.36. The molecule has 106 valence electrons. The van der Waals surface area contributed by atoms with E-state index in [2.05, 4.69) is 4.72 Å². The molecular weight excluding hydrogens is 288 g/mol. The van der Waals surface area contributed by atoms with Gasteiger partial charge in [0, 0.05) is 18.6 Å². The van der Waals surface area contributed by atoms with Crippen molar-refractivity contribution >= 4 is 27.5 Å². The molecule has 0 spiro atoms. The Morgan fingerprint density at radius 2 is 1.89 bits per heavy atom. The first-order valence-electron chi connectivity index (χ1n) is 5.80. The van der Waals surface area contributed by atoms with Crippen LogP contribution in [0.15, 0.2) is 29.2 Å². The number of likely N-dealkylation sites (N-methyl/N-ethyl adjacent to an activating group) is 1. The Balaban J connectivity index is 2.86. The van der Waals surface area contributed by atoms with Gasteiger partial charge in [-0.3, -0.25) is 4.79 Å². The van der Waals surface area contributed by atoms with Crippen LogP contribution in [-0.2, 0) is 14.8 Å². The number of hydrogen-bond acceptors (Lipinski definition) is 3. The summed E-state index contributed by atoms with van der Waals surface area (Å²) in [5, 5.41) is 0.453.